The normalized spacial score (nSPS) is 24.2. The van der Waals surface area contributed by atoms with Crippen LogP contribution in [0.3, 0.4) is 0 Å². The molecule has 3 heteroatoms. The van der Waals surface area contributed by atoms with Crippen molar-refractivity contribution in [3.05, 3.63) is 11.6 Å². The maximum atomic E-state index is 5.87. The van der Waals surface area contributed by atoms with Crippen LogP contribution in [-0.4, -0.2) is 49.8 Å². The van der Waals surface area contributed by atoms with Gasteiger partial charge in [0.1, 0.15) is 0 Å². The van der Waals surface area contributed by atoms with Gasteiger partial charge in [-0.3, -0.25) is 4.99 Å². The molecular formula is C14H26ClN2+. The topological polar surface area (TPSA) is 12.4 Å². The molecule has 0 spiro atoms. The van der Waals surface area contributed by atoms with Crippen LogP contribution in [0.1, 0.15) is 32.6 Å². The highest BCUT2D eigenvalue weighted by molar-refractivity contribution is 6.18. The molecule has 17 heavy (non-hydrogen) atoms. The number of hydrogen-bond donors (Lipinski definition) is 0. The number of hydrogen-bond acceptors (Lipinski definition) is 1. The highest BCUT2D eigenvalue weighted by Crippen LogP contribution is 2.36. The molecule has 1 aliphatic rings. The summed E-state index contributed by atoms with van der Waals surface area (Å²) in [6.07, 6.45) is 8.56. The van der Waals surface area contributed by atoms with E-state index < -0.39 is 0 Å². The summed E-state index contributed by atoms with van der Waals surface area (Å²) < 4.78 is 1.03. The van der Waals surface area contributed by atoms with Crippen molar-refractivity contribution in [1.82, 2.24) is 0 Å². The van der Waals surface area contributed by atoms with Crippen molar-refractivity contribution in [2.24, 2.45) is 4.99 Å². The smallest absolute Gasteiger partial charge is 0.0820 e. The molecule has 0 radical (unpaired) electrons. The van der Waals surface area contributed by atoms with Gasteiger partial charge in [0.25, 0.3) is 0 Å². The van der Waals surface area contributed by atoms with Gasteiger partial charge in [0, 0.05) is 12.1 Å². The first-order chi connectivity index (χ1) is 7.93. The summed E-state index contributed by atoms with van der Waals surface area (Å²) in [7, 11) is 6.73. The molecule has 0 bridgehead atoms. The van der Waals surface area contributed by atoms with Gasteiger partial charge in [-0.15, -0.1) is 11.6 Å². The van der Waals surface area contributed by atoms with E-state index in [1.165, 1.54) is 18.5 Å². The number of quaternary nitrogens is 1. The zero-order chi connectivity index (χ0) is 12.9. The Hall–Kier alpha value is -0.340. The average Bonchev–Trinajstić information content (AvgIpc) is 2.61. The molecule has 0 amide bonds. The Morgan fingerprint density at radius 1 is 1.35 bits per heavy atom. The van der Waals surface area contributed by atoms with Gasteiger partial charge in [-0.1, -0.05) is 6.92 Å². The zero-order valence-corrected chi connectivity index (χ0v) is 12.4. The van der Waals surface area contributed by atoms with Crippen LogP contribution in [0.5, 0.6) is 0 Å². The van der Waals surface area contributed by atoms with Crippen LogP contribution >= 0.6 is 11.6 Å². The molecule has 1 heterocycles. The van der Waals surface area contributed by atoms with Gasteiger partial charge < -0.3 is 4.48 Å². The van der Waals surface area contributed by atoms with Crippen LogP contribution in [0.2, 0.25) is 0 Å². The first-order valence-corrected chi connectivity index (χ1v) is 7.08. The maximum absolute atomic E-state index is 5.87. The number of nitrogens with zero attached hydrogens (tertiary/aromatic N) is 2. The SMILES string of the molecule is CCC1(CCC[N+](C)(C)C)N=CC=C1CCCl. The molecule has 0 aromatic carbocycles. The summed E-state index contributed by atoms with van der Waals surface area (Å²) in [6, 6.07) is 0. The minimum atomic E-state index is 0.0596. The number of aliphatic imine (C=N–C) groups is 1. The molecule has 0 N–H and O–H groups in total. The predicted molar refractivity (Wildman–Crippen MR) is 77.1 cm³/mol. The largest absolute Gasteiger partial charge is 0.331 e. The quantitative estimate of drug-likeness (QED) is 0.490. The lowest BCUT2D eigenvalue weighted by Gasteiger charge is -2.31. The number of alkyl halides is 1. The summed E-state index contributed by atoms with van der Waals surface area (Å²) >= 11 is 5.87. The van der Waals surface area contributed by atoms with E-state index in [4.69, 9.17) is 16.6 Å². The predicted octanol–water partition coefficient (Wildman–Crippen LogP) is 3.26. The summed E-state index contributed by atoms with van der Waals surface area (Å²) in [5, 5.41) is 0. The van der Waals surface area contributed by atoms with Gasteiger partial charge in [-0.2, -0.15) is 0 Å². The van der Waals surface area contributed by atoms with E-state index in [0.29, 0.717) is 5.88 Å². The van der Waals surface area contributed by atoms with Crippen molar-refractivity contribution >= 4 is 17.8 Å². The molecule has 0 aromatic rings. The maximum Gasteiger partial charge on any atom is 0.0820 e. The van der Waals surface area contributed by atoms with Gasteiger partial charge in [-0.05, 0) is 37.3 Å². The molecule has 1 atom stereocenters. The van der Waals surface area contributed by atoms with E-state index >= 15 is 0 Å². The highest BCUT2D eigenvalue weighted by atomic mass is 35.5. The lowest BCUT2D eigenvalue weighted by atomic mass is 9.83. The second kappa shape index (κ2) is 6.01. The van der Waals surface area contributed by atoms with Crippen molar-refractivity contribution in [1.29, 1.82) is 0 Å². The Labute approximate surface area is 111 Å². The van der Waals surface area contributed by atoms with Crippen LogP contribution in [0.4, 0.5) is 0 Å². The fourth-order valence-corrected chi connectivity index (χ4v) is 2.70. The Balaban J connectivity index is 2.58. The van der Waals surface area contributed by atoms with Crippen molar-refractivity contribution < 1.29 is 4.48 Å². The van der Waals surface area contributed by atoms with Gasteiger partial charge >= 0.3 is 0 Å². The first-order valence-electron chi connectivity index (χ1n) is 6.55. The van der Waals surface area contributed by atoms with E-state index in [1.807, 2.05) is 6.21 Å². The summed E-state index contributed by atoms with van der Waals surface area (Å²) in [5.41, 5.74) is 1.49. The molecule has 98 valence electrons. The molecule has 1 aliphatic heterocycles. The molecule has 0 saturated carbocycles. The minimum absolute atomic E-state index is 0.0596. The van der Waals surface area contributed by atoms with Crippen molar-refractivity contribution in [2.45, 2.75) is 38.1 Å². The molecule has 1 rings (SSSR count). The van der Waals surface area contributed by atoms with Crippen LogP contribution in [0.25, 0.3) is 0 Å². The minimum Gasteiger partial charge on any atom is -0.331 e. The van der Waals surface area contributed by atoms with Crippen LogP contribution in [0, 0.1) is 0 Å². The Morgan fingerprint density at radius 3 is 2.59 bits per heavy atom. The fourth-order valence-electron chi connectivity index (χ4n) is 2.49. The summed E-state index contributed by atoms with van der Waals surface area (Å²) in [6.45, 7) is 3.43. The zero-order valence-electron chi connectivity index (χ0n) is 11.7. The third-order valence-electron chi connectivity index (χ3n) is 3.56. The van der Waals surface area contributed by atoms with Crippen LogP contribution in [0.15, 0.2) is 16.6 Å². The van der Waals surface area contributed by atoms with E-state index in [2.05, 4.69) is 34.1 Å². The molecule has 2 nitrogen and oxygen atoms in total. The van der Waals surface area contributed by atoms with E-state index in [9.17, 15) is 0 Å². The fraction of sp³-hybridized carbons (Fsp3) is 0.786. The number of allylic oxidation sites excluding steroid dienone is 1. The lowest BCUT2D eigenvalue weighted by molar-refractivity contribution is -0.870. The monoisotopic (exact) mass is 257 g/mol. The summed E-state index contributed by atoms with van der Waals surface area (Å²) in [4.78, 5) is 4.72. The molecular weight excluding hydrogens is 232 g/mol. The average molecular weight is 258 g/mol. The molecule has 0 aromatic heterocycles. The van der Waals surface area contributed by atoms with E-state index in [1.54, 1.807) is 0 Å². The number of halogens is 1. The van der Waals surface area contributed by atoms with Crippen LogP contribution < -0.4 is 0 Å². The lowest BCUT2D eigenvalue weighted by Crippen LogP contribution is -2.37. The van der Waals surface area contributed by atoms with Gasteiger partial charge in [0.05, 0.1) is 33.2 Å². The second-order valence-corrected chi connectivity index (χ2v) is 6.29. The Bertz CT molecular complexity index is 302. The molecule has 0 saturated heterocycles. The van der Waals surface area contributed by atoms with Crippen molar-refractivity contribution in [2.75, 3.05) is 33.6 Å². The molecule has 0 fully saturated rings. The standard InChI is InChI=1S/C14H26ClN2/c1-5-14(9-6-12-17(2,3)4)13(7-10-15)8-11-16-14/h8,11H,5-7,9-10,12H2,1-4H3/q+1. The van der Waals surface area contributed by atoms with Gasteiger partial charge in [-0.25, -0.2) is 0 Å². The highest BCUT2D eigenvalue weighted by Gasteiger charge is 2.33. The number of rotatable bonds is 7. The molecule has 1 unspecified atom stereocenters. The van der Waals surface area contributed by atoms with Gasteiger partial charge in [0.15, 0.2) is 0 Å². The van der Waals surface area contributed by atoms with E-state index in [-0.39, 0.29) is 5.54 Å². The summed E-state index contributed by atoms with van der Waals surface area (Å²) in [5.74, 6) is 0.701. The third-order valence-corrected chi connectivity index (χ3v) is 3.75. The Morgan fingerprint density at radius 2 is 2.06 bits per heavy atom. The van der Waals surface area contributed by atoms with E-state index in [0.717, 1.165) is 23.7 Å². The van der Waals surface area contributed by atoms with Crippen molar-refractivity contribution in [3.8, 4) is 0 Å². The third kappa shape index (κ3) is 4.11. The second-order valence-electron chi connectivity index (χ2n) is 5.91. The Kier molecular flexibility index (Phi) is 5.21. The first kappa shape index (κ1) is 14.7. The van der Waals surface area contributed by atoms with Crippen molar-refractivity contribution in [3.63, 3.8) is 0 Å². The molecule has 0 aliphatic carbocycles. The van der Waals surface area contributed by atoms with Gasteiger partial charge in [0.2, 0.25) is 0 Å². The van der Waals surface area contributed by atoms with Crippen LogP contribution in [-0.2, 0) is 0 Å².